The number of rotatable bonds is 11. The van der Waals surface area contributed by atoms with Crippen LogP contribution in [-0.4, -0.2) is 57.1 Å². The van der Waals surface area contributed by atoms with Crippen LogP contribution in [0.5, 0.6) is 0 Å². The van der Waals surface area contributed by atoms with Gasteiger partial charge in [-0.3, -0.25) is 9.29 Å². The van der Waals surface area contributed by atoms with Crippen LogP contribution in [0.3, 0.4) is 0 Å². The second-order valence-electron chi connectivity index (χ2n) is 11.3. The van der Waals surface area contributed by atoms with Crippen molar-refractivity contribution in [3.63, 3.8) is 0 Å². The van der Waals surface area contributed by atoms with E-state index in [9.17, 15) is 8.42 Å². The van der Waals surface area contributed by atoms with Gasteiger partial charge in [0.2, 0.25) is 21.8 Å². The summed E-state index contributed by atoms with van der Waals surface area (Å²) in [5.41, 5.74) is 2.42. The Morgan fingerprint density at radius 1 is 1.18 bits per heavy atom. The average molecular weight is 605 g/mol. The molecule has 40 heavy (non-hydrogen) atoms. The zero-order chi connectivity index (χ0) is 29.1. The summed E-state index contributed by atoms with van der Waals surface area (Å²) in [5, 5.41) is 9.20. The highest BCUT2D eigenvalue weighted by atomic mass is 35.5. The van der Waals surface area contributed by atoms with Gasteiger partial charge in [0.15, 0.2) is 14.1 Å². The van der Waals surface area contributed by atoms with Crippen LogP contribution in [0.4, 0.5) is 5.95 Å². The van der Waals surface area contributed by atoms with Crippen molar-refractivity contribution in [2.24, 2.45) is 0 Å². The molecule has 0 saturated heterocycles. The van der Waals surface area contributed by atoms with Crippen LogP contribution in [0, 0.1) is 0 Å². The Balaban J connectivity index is 1.74. The number of aryl methyl sites for hydroxylation is 1. The van der Waals surface area contributed by atoms with Crippen LogP contribution < -0.4 is 4.72 Å². The van der Waals surface area contributed by atoms with Gasteiger partial charge in [0, 0.05) is 12.1 Å². The fraction of sp³-hybridized carbons (Fsp3) is 0.429. The molecule has 12 heteroatoms. The predicted octanol–water partition coefficient (Wildman–Crippen LogP) is 6.38. The molecule has 0 aliphatic heterocycles. The molecule has 216 valence electrons. The van der Waals surface area contributed by atoms with E-state index in [1.54, 1.807) is 35.9 Å². The van der Waals surface area contributed by atoms with Crippen LogP contribution in [0.2, 0.25) is 23.2 Å². The van der Waals surface area contributed by atoms with Crippen molar-refractivity contribution in [2.45, 2.75) is 57.8 Å². The Kier molecular flexibility index (Phi) is 9.10. The van der Waals surface area contributed by atoms with Crippen molar-refractivity contribution < 1.29 is 22.0 Å². The fourth-order valence-corrected chi connectivity index (χ4v) is 6.16. The fourth-order valence-electron chi connectivity index (χ4n) is 4.07. The van der Waals surface area contributed by atoms with E-state index in [0.29, 0.717) is 41.8 Å². The molecule has 1 aliphatic rings. The molecular formula is C28H37ClN4O5SSi. The largest absolute Gasteiger partial charge is 0.461 e. The lowest BCUT2D eigenvalue weighted by Crippen LogP contribution is -2.41. The quantitative estimate of drug-likeness (QED) is 0.253. The summed E-state index contributed by atoms with van der Waals surface area (Å²) in [7, 11) is -4.26. The van der Waals surface area contributed by atoms with Gasteiger partial charge in [-0.15, -0.1) is 10.2 Å². The number of nitrogens with zero attached hydrogens (tertiary/aromatic N) is 3. The van der Waals surface area contributed by atoms with Crippen LogP contribution in [0.1, 0.15) is 32.8 Å². The third-order valence-electron chi connectivity index (χ3n) is 7.45. The van der Waals surface area contributed by atoms with Crippen LogP contribution in [0.15, 0.2) is 64.8 Å². The van der Waals surface area contributed by atoms with Crippen LogP contribution in [-0.2, 0) is 25.6 Å². The number of furan rings is 1. The van der Waals surface area contributed by atoms with Crippen molar-refractivity contribution in [3.8, 4) is 11.6 Å². The average Bonchev–Trinajstić information content (AvgIpc) is 3.56. The molecule has 0 spiro atoms. The first-order valence-corrected chi connectivity index (χ1v) is 18.1. The standard InChI is InChI=1S/C28H37ClN4O5SSi/c1-28(2,3)40(5,6)38-19-21-9-7-10-23(36-4)25(21)33-26(24-11-8-17-37-24)30-31-27(33)32-39(34,35)18-16-20-12-14-22(29)15-13-20/h7-9,11-15,17,23H,10,16,18-19H2,1-6H3,(H,31,32)/t23-/m0/s1. The molecule has 0 bridgehead atoms. The highest BCUT2D eigenvalue weighted by Crippen LogP contribution is 2.38. The summed E-state index contributed by atoms with van der Waals surface area (Å²) in [6.45, 7) is 11.3. The molecular weight excluding hydrogens is 568 g/mol. The molecule has 2 aromatic heterocycles. The number of halogens is 1. The Morgan fingerprint density at radius 3 is 2.52 bits per heavy atom. The van der Waals surface area contributed by atoms with E-state index >= 15 is 0 Å². The summed E-state index contributed by atoms with van der Waals surface area (Å²) in [4.78, 5) is 0. The van der Waals surface area contributed by atoms with Gasteiger partial charge in [-0.2, -0.15) is 0 Å². The molecule has 1 aromatic carbocycles. The molecule has 1 N–H and O–H groups in total. The monoisotopic (exact) mass is 604 g/mol. The third-order valence-corrected chi connectivity index (χ3v) is 13.4. The van der Waals surface area contributed by atoms with E-state index in [4.69, 9.17) is 25.2 Å². The van der Waals surface area contributed by atoms with Gasteiger partial charge >= 0.3 is 0 Å². The number of hydrogen-bond acceptors (Lipinski definition) is 7. The number of hydrogen-bond donors (Lipinski definition) is 1. The van der Waals surface area contributed by atoms with Crippen molar-refractivity contribution in [1.82, 2.24) is 14.8 Å². The van der Waals surface area contributed by atoms with Crippen molar-refractivity contribution in [1.29, 1.82) is 0 Å². The van der Waals surface area contributed by atoms with Crippen LogP contribution in [0.25, 0.3) is 17.3 Å². The molecule has 0 amide bonds. The van der Waals surface area contributed by atoms with E-state index < -0.39 is 18.3 Å². The second-order valence-corrected chi connectivity index (χ2v) is 18.4. The number of methoxy groups -OCH3 is 1. The second kappa shape index (κ2) is 12.0. The van der Waals surface area contributed by atoms with Gasteiger partial charge in [-0.1, -0.05) is 56.7 Å². The number of aromatic nitrogens is 3. The Hall–Kier alpha value is -2.70. The zero-order valence-electron chi connectivity index (χ0n) is 23.8. The van der Waals surface area contributed by atoms with Crippen molar-refractivity contribution in [3.05, 3.63) is 71.0 Å². The highest BCUT2D eigenvalue weighted by molar-refractivity contribution is 7.92. The van der Waals surface area contributed by atoms with Gasteiger partial charge in [0.25, 0.3) is 0 Å². The molecule has 1 aliphatic carbocycles. The van der Waals surface area contributed by atoms with E-state index in [0.717, 1.165) is 11.1 Å². The van der Waals surface area contributed by atoms with Gasteiger partial charge in [0.1, 0.15) is 6.10 Å². The number of ether oxygens (including phenoxy) is 1. The lowest BCUT2D eigenvalue weighted by atomic mass is 10.0. The summed E-state index contributed by atoms with van der Waals surface area (Å²) in [5.74, 6) is 0.712. The molecule has 0 radical (unpaired) electrons. The summed E-state index contributed by atoms with van der Waals surface area (Å²) < 4.78 is 48.9. The SMILES string of the molecule is CO[C@H]1CC=CC(CO[Si](C)(C)C(C)(C)C)=C1n1c(NS(=O)(=O)CCc2ccc(Cl)cc2)nnc1-c1ccco1. The molecule has 0 unspecified atom stereocenters. The van der Waals surface area contributed by atoms with E-state index in [2.05, 4.69) is 48.8 Å². The summed E-state index contributed by atoms with van der Waals surface area (Å²) >= 11 is 5.97. The van der Waals surface area contributed by atoms with E-state index in [-0.39, 0.29) is 22.8 Å². The van der Waals surface area contributed by atoms with Crippen LogP contribution >= 0.6 is 11.6 Å². The lowest BCUT2D eigenvalue weighted by Gasteiger charge is -2.37. The third kappa shape index (κ3) is 6.95. The molecule has 9 nitrogen and oxygen atoms in total. The van der Waals surface area contributed by atoms with Gasteiger partial charge in [-0.25, -0.2) is 8.42 Å². The topological polar surface area (TPSA) is 108 Å². The molecule has 0 fully saturated rings. The number of anilines is 1. The summed E-state index contributed by atoms with van der Waals surface area (Å²) in [6.07, 6.45) is 6.09. The molecule has 3 aromatic rings. The molecule has 0 saturated carbocycles. The van der Waals surface area contributed by atoms with Gasteiger partial charge < -0.3 is 13.6 Å². The zero-order valence-corrected chi connectivity index (χ0v) is 26.3. The van der Waals surface area contributed by atoms with E-state index in [1.807, 2.05) is 24.3 Å². The maximum absolute atomic E-state index is 13.2. The minimum atomic E-state index is -3.80. The van der Waals surface area contributed by atoms with Crippen molar-refractivity contribution >= 4 is 41.6 Å². The molecule has 2 heterocycles. The maximum atomic E-state index is 13.2. The van der Waals surface area contributed by atoms with Gasteiger partial charge in [-0.05, 0) is 66.4 Å². The van der Waals surface area contributed by atoms with Gasteiger partial charge in [0.05, 0.1) is 24.3 Å². The number of benzene rings is 1. The number of sulfonamides is 1. The minimum absolute atomic E-state index is 0.0214. The number of nitrogens with one attached hydrogen (secondary N) is 1. The first-order valence-electron chi connectivity index (χ1n) is 13.1. The smallest absolute Gasteiger partial charge is 0.243 e. The Morgan fingerprint density at radius 2 is 1.90 bits per heavy atom. The normalized spacial score (nSPS) is 16.5. The molecule has 1 atom stereocenters. The van der Waals surface area contributed by atoms with E-state index in [1.165, 1.54) is 6.26 Å². The molecule has 4 rings (SSSR count). The predicted molar refractivity (Wildman–Crippen MR) is 161 cm³/mol. The minimum Gasteiger partial charge on any atom is -0.461 e. The first-order chi connectivity index (χ1) is 18.8. The lowest BCUT2D eigenvalue weighted by molar-refractivity contribution is 0.144. The Labute approximate surface area is 242 Å². The first kappa shape index (κ1) is 30.3. The Bertz CT molecular complexity index is 1470. The highest BCUT2D eigenvalue weighted by Gasteiger charge is 2.38. The van der Waals surface area contributed by atoms with Crippen molar-refractivity contribution in [2.75, 3.05) is 24.2 Å². The maximum Gasteiger partial charge on any atom is 0.243 e. The summed E-state index contributed by atoms with van der Waals surface area (Å²) in [6, 6.07) is 10.6.